The number of rotatable bonds is 5. The molecule has 0 aliphatic carbocycles. The number of hydrogen-bond donors (Lipinski definition) is 1. The Morgan fingerprint density at radius 1 is 1.41 bits per heavy atom. The van der Waals surface area contributed by atoms with E-state index in [1.165, 1.54) is 6.07 Å². The summed E-state index contributed by atoms with van der Waals surface area (Å²) >= 11 is 5.70. The molecule has 1 aromatic rings. The number of carbonyl (C=O) groups is 1. The van der Waals surface area contributed by atoms with Gasteiger partial charge in [0.1, 0.15) is 11.6 Å². The first-order valence-corrected chi connectivity index (χ1v) is 5.78. The van der Waals surface area contributed by atoms with Crippen LogP contribution in [0, 0.1) is 11.6 Å². The van der Waals surface area contributed by atoms with Crippen LogP contribution >= 0.6 is 11.6 Å². The number of halogens is 3. The van der Waals surface area contributed by atoms with Crippen LogP contribution in [0.1, 0.15) is 18.9 Å². The summed E-state index contributed by atoms with van der Waals surface area (Å²) in [5.74, 6) is -1.82. The highest BCUT2D eigenvalue weighted by Gasteiger charge is 2.12. The van der Waals surface area contributed by atoms with Gasteiger partial charge in [0, 0.05) is 17.5 Å². The molecule has 0 radical (unpaired) electrons. The molecule has 1 atom stereocenters. The quantitative estimate of drug-likeness (QED) is 0.811. The summed E-state index contributed by atoms with van der Waals surface area (Å²) in [4.78, 5) is 11.4. The first kappa shape index (κ1) is 13.9. The van der Waals surface area contributed by atoms with Crippen LogP contribution in [0.25, 0.3) is 0 Å². The van der Waals surface area contributed by atoms with Gasteiger partial charge in [-0.15, -0.1) is 11.6 Å². The minimum atomic E-state index is -0.703. The molecule has 0 aliphatic heterocycles. The molecule has 1 aromatic carbocycles. The van der Waals surface area contributed by atoms with Crippen LogP contribution in [0.5, 0.6) is 0 Å². The fourth-order valence-corrected chi connectivity index (χ4v) is 1.44. The van der Waals surface area contributed by atoms with Gasteiger partial charge in [0.05, 0.1) is 6.42 Å². The van der Waals surface area contributed by atoms with Crippen molar-refractivity contribution in [1.29, 1.82) is 0 Å². The first-order chi connectivity index (χ1) is 8.00. The van der Waals surface area contributed by atoms with E-state index in [0.29, 0.717) is 13.0 Å². The Labute approximate surface area is 104 Å². The SMILES string of the molecule is CC(Cl)CCNC(=O)Cc1c(F)cccc1F. The molecule has 5 heteroatoms. The fourth-order valence-electron chi connectivity index (χ4n) is 1.33. The van der Waals surface area contributed by atoms with Gasteiger partial charge in [-0.2, -0.15) is 0 Å². The highest BCUT2D eigenvalue weighted by Crippen LogP contribution is 2.12. The molecule has 0 spiro atoms. The van der Waals surface area contributed by atoms with Crippen LogP contribution < -0.4 is 5.32 Å². The maximum Gasteiger partial charge on any atom is 0.224 e. The zero-order valence-electron chi connectivity index (χ0n) is 9.47. The van der Waals surface area contributed by atoms with Crippen LogP contribution in [0.15, 0.2) is 18.2 Å². The van der Waals surface area contributed by atoms with Crippen molar-refractivity contribution in [2.45, 2.75) is 25.1 Å². The normalized spacial score (nSPS) is 12.2. The summed E-state index contributed by atoms with van der Waals surface area (Å²) in [7, 11) is 0. The third-order valence-corrected chi connectivity index (χ3v) is 2.48. The predicted octanol–water partition coefficient (Wildman–Crippen LogP) is 2.64. The van der Waals surface area contributed by atoms with E-state index in [9.17, 15) is 13.6 Å². The Kier molecular flexibility index (Phi) is 5.35. The Morgan fingerprint density at radius 3 is 2.53 bits per heavy atom. The average molecular weight is 262 g/mol. The van der Waals surface area contributed by atoms with Gasteiger partial charge in [-0.3, -0.25) is 4.79 Å². The summed E-state index contributed by atoms with van der Waals surface area (Å²) in [6, 6.07) is 3.53. The highest BCUT2D eigenvalue weighted by molar-refractivity contribution is 6.20. The number of hydrogen-bond acceptors (Lipinski definition) is 1. The monoisotopic (exact) mass is 261 g/mol. The second-order valence-corrected chi connectivity index (χ2v) is 4.54. The smallest absolute Gasteiger partial charge is 0.224 e. The predicted molar refractivity (Wildman–Crippen MR) is 63.0 cm³/mol. The van der Waals surface area contributed by atoms with E-state index >= 15 is 0 Å². The average Bonchev–Trinajstić information content (AvgIpc) is 2.23. The molecule has 0 bridgehead atoms. The molecule has 0 aromatic heterocycles. The largest absolute Gasteiger partial charge is 0.356 e. The lowest BCUT2D eigenvalue weighted by molar-refractivity contribution is -0.120. The molecule has 1 unspecified atom stereocenters. The molecule has 1 amide bonds. The Morgan fingerprint density at radius 2 is 2.00 bits per heavy atom. The van der Waals surface area contributed by atoms with Gasteiger partial charge in [0.25, 0.3) is 0 Å². The van der Waals surface area contributed by atoms with Crippen LogP contribution in [0.2, 0.25) is 0 Å². The van der Waals surface area contributed by atoms with E-state index in [-0.39, 0.29) is 17.4 Å². The fraction of sp³-hybridized carbons (Fsp3) is 0.417. The molecule has 0 heterocycles. The van der Waals surface area contributed by atoms with Crippen LogP contribution in [0.3, 0.4) is 0 Å². The van der Waals surface area contributed by atoms with Crippen LogP contribution in [-0.4, -0.2) is 17.8 Å². The minimum absolute atomic E-state index is 0.0412. The molecule has 1 rings (SSSR count). The summed E-state index contributed by atoms with van der Waals surface area (Å²) in [6.07, 6.45) is 0.322. The van der Waals surface area contributed by atoms with Crippen LogP contribution in [0.4, 0.5) is 8.78 Å². The van der Waals surface area contributed by atoms with Gasteiger partial charge in [-0.05, 0) is 25.5 Å². The second-order valence-electron chi connectivity index (χ2n) is 3.80. The van der Waals surface area contributed by atoms with Crippen molar-refractivity contribution in [3.63, 3.8) is 0 Å². The molecule has 0 fully saturated rings. The maximum atomic E-state index is 13.2. The van der Waals surface area contributed by atoms with Gasteiger partial charge in [0.2, 0.25) is 5.91 Å². The van der Waals surface area contributed by atoms with Crippen molar-refractivity contribution < 1.29 is 13.6 Å². The number of carbonyl (C=O) groups excluding carboxylic acids is 1. The molecule has 0 saturated carbocycles. The summed E-state index contributed by atoms with van der Waals surface area (Å²) < 4.78 is 26.4. The standard InChI is InChI=1S/C12H14ClF2NO/c1-8(13)5-6-16-12(17)7-9-10(14)3-2-4-11(9)15/h2-4,8H,5-7H2,1H3,(H,16,17). The lowest BCUT2D eigenvalue weighted by atomic mass is 10.1. The van der Waals surface area contributed by atoms with Crippen molar-refractivity contribution in [2.75, 3.05) is 6.54 Å². The molecule has 94 valence electrons. The molecule has 17 heavy (non-hydrogen) atoms. The second kappa shape index (κ2) is 6.55. The molecular formula is C12H14ClF2NO. The van der Waals surface area contributed by atoms with Gasteiger partial charge < -0.3 is 5.32 Å². The summed E-state index contributed by atoms with van der Waals surface area (Å²) in [6.45, 7) is 2.21. The van der Waals surface area contributed by atoms with E-state index in [1.807, 2.05) is 6.92 Å². The summed E-state index contributed by atoms with van der Waals surface area (Å²) in [5.41, 5.74) is -0.205. The number of nitrogens with one attached hydrogen (secondary N) is 1. The van der Waals surface area contributed by atoms with E-state index in [2.05, 4.69) is 5.32 Å². The molecular weight excluding hydrogens is 248 g/mol. The van der Waals surface area contributed by atoms with Gasteiger partial charge in [0.15, 0.2) is 0 Å². The maximum absolute atomic E-state index is 13.2. The first-order valence-electron chi connectivity index (χ1n) is 5.34. The minimum Gasteiger partial charge on any atom is -0.356 e. The van der Waals surface area contributed by atoms with E-state index in [0.717, 1.165) is 12.1 Å². The molecule has 0 aliphatic rings. The lowest BCUT2D eigenvalue weighted by Crippen LogP contribution is -2.27. The van der Waals surface area contributed by atoms with Crippen molar-refractivity contribution in [3.8, 4) is 0 Å². The molecule has 2 nitrogen and oxygen atoms in total. The number of amides is 1. The van der Waals surface area contributed by atoms with Gasteiger partial charge in [-0.25, -0.2) is 8.78 Å². The zero-order valence-corrected chi connectivity index (χ0v) is 10.2. The van der Waals surface area contributed by atoms with E-state index in [4.69, 9.17) is 11.6 Å². The molecule has 0 saturated heterocycles. The zero-order chi connectivity index (χ0) is 12.8. The van der Waals surface area contributed by atoms with E-state index in [1.54, 1.807) is 0 Å². The Hall–Kier alpha value is -1.16. The van der Waals surface area contributed by atoms with E-state index < -0.39 is 17.5 Å². The third-order valence-electron chi connectivity index (χ3n) is 2.26. The summed E-state index contributed by atoms with van der Waals surface area (Å²) in [5, 5.41) is 2.52. The lowest BCUT2D eigenvalue weighted by Gasteiger charge is -2.07. The number of alkyl halides is 1. The van der Waals surface area contributed by atoms with Crippen molar-refractivity contribution in [3.05, 3.63) is 35.4 Å². The Bertz CT molecular complexity index is 376. The molecule has 1 N–H and O–H groups in total. The van der Waals surface area contributed by atoms with Crippen molar-refractivity contribution in [1.82, 2.24) is 5.32 Å². The van der Waals surface area contributed by atoms with Crippen LogP contribution in [-0.2, 0) is 11.2 Å². The Balaban J connectivity index is 2.51. The van der Waals surface area contributed by atoms with Crippen molar-refractivity contribution >= 4 is 17.5 Å². The van der Waals surface area contributed by atoms with Gasteiger partial charge in [-0.1, -0.05) is 6.07 Å². The topological polar surface area (TPSA) is 29.1 Å². The highest BCUT2D eigenvalue weighted by atomic mass is 35.5. The number of benzene rings is 1. The third kappa shape index (κ3) is 4.69. The van der Waals surface area contributed by atoms with Gasteiger partial charge >= 0.3 is 0 Å². The van der Waals surface area contributed by atoms with Crippen molar-refractivity contribution in [2.24, 2.45) is 0 Å².